The molecule has 1 spiro atoms. The van der Waals surface area contributed by atoms with Crippen LogP contribution in [-0.2, 0) is 9.59 Å². The second-order valence-electron chi connectivity index (χ2n) is 6.06. The monoisotopic (exact) mass is 307 g/mol. The van der Waals surface area contributed by atoms with Crippen molar-refractivity contribution < 1.29 is 23.8 Å². The Labute approximate surface area is 127 Å². The number of hydrogen-bond acceptors (Lipinski definition) is 3. The fraction of sp³-hybridized carbons (Fsp3) is 0.500. The molecule has 1 saturated heterocycles. The molecular weight excluding hydrogens is 289 g/mol. The first kappa shape index (κ1) is 14.8. The molecule has 3 rings (SSSR count). The van der Waals surface area contributed by atoms with Crippen molar-refractivity contribution >= 4 is 11.9 Å². The number of amides is 1. The normalized spacial score (nSPS) is 22.4. The Morgan fingerprint density at radius 2 is 2.00 bits per heavy atom. The minimum absolute atomic E-state index is 0.0671. The lowest BCUT2D eigenvalue weighted by molar-refractivity contribution is -0.140. The number of aliphatic carboxylic acids is 1. The summed E-state index contributed by atoms with van der Waals surface area (Å²) in [4.78, 5) is 24.8. The molecule has 2 fully saturated rings. The molecule has 1 N–H and O–H groups in total. The lowest BCUT2D eigenvalue weighted by atomic mass is 9.91. The molecule has 5 nitrogen and oxygen atoms in total. The predicted molar refractivity (Wildman–Crippen MR) is 75.9 cm³/mol. The topological polar surface area (TPSA) is 66.8 Å². The number of carbonyl (C=O) groups excluding carboxylic acids is 1. The summed E-state index contributed by atoms with van der Waals surface area (Å²) in [5.41, 5.74) is -0.102. The molecular formula is C16H18FNO4. The van der Waals surface area contributed by atoms with E-state index >= 15 is 0 Å². The summed E-state index contributed by atoms with van der Waals surface area (Å²) >= 11 is 0. The van der Waals surface area contributed by atoms with Gasteiger partial charge in [-0.3, -0.25) is 9.59 Å². The van der Waals surface area contributed by atoms with E-state index in [9.17, 15) is 14.0 Å². The van der Waals surface area contributed by atoms with Crippen molar-refractivity contribution in [2.24, 2.45) is 11.3 Å². The minimum Gasteiger partial charge on any atom is -0.481 e. The Balaban J connectivity index is 1.49. The zero-order valence-corrected chi connectivity index (χ0v) is 12.1. The number of nitrogens with zero attached hydrogens (tertiary/aromatic N) is 1. The Morgan fingerprint density at radius 3 is 2.59 bits per heavy atom. The van der Waals surface area contributed by atoms with Gasteiger partial charge >= 0.3 is 5.97 Å². The van der Waals surface area contributed by atoms with Gasteiger partial charge in [-0.15, -0.1) is 0 Å². The number of carboxylic acids is 1. The zero-order chi connectivity index (χ0) is 15.7. The summed E-state index contributed by atoms with van der Waals surface area (Å²) in [5.74, 6) is -1.60. The molecule has 1 amide bonds. The summed E-state index contributed by atoms with van der Waals surface area (Å²) in [6, 6.07) is 5.97. The van der Waals surface area contributed by atoms with Crippen LogP contribution in [0, 0.1) is 17.2 Å². The Bertz CT molecular complexity index is 596. The van der Waals surface area contributed by atoms with Gasteiger partial charge in [0.15, 0.2) is 18.2 Å². The third-order valence-electron chi connectivity index (χ3n) is 4.79. The van der Waals surface area contributed by atoms with Gasteiger partial charge in [0.2, 0.25) is 0 Å². The van der Waals surface area contributed by atoms with Gasteiger partial charge in [0, 0.05) is 13.1 Å². The number of carboxylic acid groups (broad SMARTS) is 1. The molecule has 1 heterocycles. The Kier molecular flexibility index (Phi) is 3.76. The van der Waals surface area contributed by atoms with Crippen LogP contribution in [0.5, 0.6) is 5.75 Å². The van der Waals surface area contributed by atoms with Gasteiger partial charge < -0.3 is 14.7 Å². The Morgan fingerprint density at radius 1 is 1.32 bits per heavy atom. The van der Waals surface area contributed by atoms with Crippen LogP contribution in [0.3, 0.4) is 0 Å². The quantitative estimate of drug-likeness (QED) is 0.923. The fourth-order valence-electron chi connectivity index (χ4n) is 3.24. The highest BCUT2D eigenvalue weighted by atomic mass is 19.1. The number of para-hydroxylation sites is 1. The zero-order valence-electron chi connectivity index (χ0n) is 12.1. The Hall–Kier alpha value is -2.11. The van der Waals surface area contributed by atoms with E-state index in [1.165, 1.54) is 12.1 Å². The van der Waals surface area contributed by atoms with Crippen LogP contribution in [0.2, 0.25) is 0 Å². The molecule has 0 radical (unpaired) electrons. The van der Waals surface area contributed by atoms with Crippen LogP contribution < -0.4 is 4.74 Å². The number of carbonyl (C=O) groups is 2. The number of halogens is 1. The van der Waals surface area contributed by atoms with E-state index in [0.717, 1.165) is 19.3 Å². The van der Waals surface area contributed by atoms with E-state index in [-0.39, 0.29) is 29.6 Å². The second-order valence-corrected chi connectivity index (χ2v) is 6.06. The summed E-state index contributed by atoms with van der Waals surface area (Å²) in [6.07, 6.45) is 2.15. The van der Waals surface area contributed by atoms with Crippen molar-refractivity contribution in [3.63, 3.8) is 0 Å². The maximum Gasteiger partial charge on any atom is 0.307 e. The molecule has 1 aromatic carbocycles. The van der Waals surface area contributed by atoms with E-state index in [1.807, 2.05) is 0 Å². The lowest BCUT2D eigenvalue weighted by Crippen LogP contribution is -2.42. The van der Waals surface area contributed by atoms with Gasteiger partial charge in [-0.1, -0.05) is 12.1 Å². The second kappa shape index (κ2) is 5.59. The van der Waals surface area contributed by atoms with Crippen LogP contribution in [0.25, 0.3) is 0 Å². The predicted octanol–water partition coefficient (Wildman–Crippen LogP) is 1.92. The third-order valence-corrected chi connectivity index (χ3v) is 4.79. The van der Waals surface area contributed by atoms with E-state index in [1.54, 1.807) is 17.0 Å². The van der Waals surface area contributed by atoms with Crippen molar-refractivity contribution in [1.29, 1.82) is 0 Å². The molecule has 0 aromatic heterocycles. The largest absolute Gasteiger partial charge is 0.481 e. The standard InChI is InChI=1S/C16H18FNO4/c17-12-3-1-2-4-13(12)22-10-14(19)18-7-5-16(6-8-18)9-11(16)15(20)21/h1-4,11H,5-10H2,(H,20,21). The minimum atomic E-state index is -0.734. The smallest absolute Gasteiger partial charge is 0.307 e. The number of hydrogen-bond donors (Lipinski definition) is 1. The summed E-state index contributed by atoms with van der Waals surface area (Å²) in [6.45, 7) is 0.892. The fourth-order valence-corrected chi connectivity index (χ4v) is 3.24. The van der Waals surface area contributed by atoms with Crippen LogP contribution in [0.4, 0.5) is 4.39 Å². The molecule has 1 aliphatic heterocycles. The number of likely N-dealkylation sites (tertiary alicyclic amines) is 1. The highest BCUT2D eigenvalue weighted by Gasteiger charge is 2.59. The van der Waals surface area contributed by atoms with E-state index in [4.69, 9.17) is 9.84 Å². The highest BCUT2D eigenvalue weighted by Crippen LogP contribution is 2.59. The van der Waals surface area contributed by atoms with E-state index < -0.39 is 11.8 Å². The van der Waals surface area contributed by atoms with Crippen LogP contribution >= 0.6 is 0 Å². The van der Waals surface area contributed by atoms with Crippen molar-refractivity contribution in [1.82, 2.24) is 4.90 Å². The molecule has 1 saturated carbocycles. The molecule has 0 bridgehead atoms. The van der Waals surface area contributed by atoms with Crippen LogP contribution in [-0.4, -0.2) is 41.6 Å². The molecule has 1 aliphatic carbocycles. The average Bonchev–Trinajstić information content (AvgIpc) is 3.21. The number of rotatable bonds is 4. The third kappa shape index (κ3) is 2.77. The van der Waals surface area contributed by atoms with Crippen molar-refractivity contribution in [2.75, 3.05) is 19.7 Å². The van der Waals surface area contributed by atoms with Crippen molar-refractivity contribution in [2.45, 2.75) is 19.3 Å². The van der Waals surface area contributed by atoms with Crippen LogP contribution in [0.15, 0.2) is 24.3 Å². The first-order valence-corrected chi connectivity index (χ1v) is 7.40. The van der Waals surface area contributed by atoms with Gasteiger partial charge in [-0.05, 0) is 36.8 Å². The SMILES string of the molecule is O=C(O)C1CC12CCN(C(=O)COc1ccccc1F)CC2. The van der Waals surface area contributed by atoms with Gasteiger partial charge in [-0.25, -0.2) is 4.39 Å². The van der Waals surface area contributed by atoms with Gasteiger partial charge in [0.05, 0.1) is 5.92 Å². The van der Waals surface area contributed by atoms with Crippen LogP contribution in [0.1, 0.15) is 19.3 Å². The van der Waals surface area contributed by atoms with E-state index in [0.29, 0.717) is 13.1 Å². The van der Waals surface area contributed by atoms with Crippen molar-refractivity contribution in [3.05, 3.63) is 30.1 Å². The molecule has 1 atom stereocenters. The first-order valence-electron chi connectivity index (χ1n) is 7.40. The maximum absolute atomic E-state index is 13.4. The van der Waals surface area contributed by atoms with Gasteiger partial charge in [0.1, 0.15) is 0 Å². The average molecular weight is 307 g/mol. The summed E-state index contributed by atoms with van der Waals surface area (Å²) < 4.78 is 18.6. The summed E-state index contributed by atoms with van der Waals surface area (Å²) in [5, 5.41) is 9.05. The first-order chi connectivity index (χ1) is 10.5. The maximum atomic E-state index is 13.4. The molecule has 22 heavy (non-hydrogen) atoms. The molecule has 1 aromatic rings. The number of ether oxygens (including phenoxy) is 1. The highest BCUT2D eigenvalue weighted by molar-refractivity contribution is 5.78. The van der Waals surface area contributed by atoms with Gasteiger partial charge in [-0.2, -0.15) is 0 Å². The number of piperidine rings is 1. The van der Waals surface area contributed by atoms with E-state index in [2.05, 4.69) is 0 Å². The molecule has 118 valence electrons. The lowest BCUT2D eigenvalue weighted by Gasteiger charge is -2.32. The van der Waals surface area contributed by atoms with Gasteiger partial charge in [0.25, 0.3) is 5.91 Å². The molecule has 6 heteroatoms. The van der Waals surface area contributed by atoms with Crippen molar-refractivity contribution in [3.8, 4) is 5.75 Å². The molecule has 2 aliphatic rings. The summed E-state index contributed by atoms with van der Waals surface area (Å²) in [7, 11) is 0. The molecule has 1 unspecified atom stereocenters. The number of benzene rings is 1.